The summed E-state index contributed by atoms with van der Waals surface area (Å²) in [5.41, 5.74) is 0.667. The maximum Gasteiger partial charge on any atom is 0.282 e. The van der Waals surface area contributed by atoms with Crippen LogP contribution in [-0.4, -0.2) is 10.2 Å². The van der Waals surface area contributed by atoms with Crippen molar-refractivity contribution in [1.82, 2.24) is 10.2 Å². The van der Waals surface area contributed by atoms with Crippen molar-refractivity contribution in [2.24, 2.45) is 0 Å². The summed E-state index contributed by atoms with van der Waals surface area (Å²) in [6.07, 6.45) is 0. The Labute approximate surface area is 149 Å². The van der Waals surface area contributed by atoms with Crippen molar-refractivity contribution < 1.29 is 14.2 Å². The van der Waals surface area contributed by atoms with Crippen LogP contribution in [0.2, 0.25) is 0 Å². The standard InChI is InChI=1S/C21H14N2O3/c1-2-6-15-11-17(10-9-14(15)5-1)24-13-16-12-20-21(23-22-16)26-19-8-4-3-7-18(19)25-20/h1-12H,13H2. The van der Waals surface area contributed by atoms with Gasteiger partial charge in [-0.1, -0.05) is 42.5 Å². The van der Waals surface area contributed by atoms with Gasteiger partial charge in [-0.05, 0) is 35.0 Å². The van der Waals surface area contributed by atoms with Crippen LogP contribution < -0.4 is 14.2 Å². The van der Waals surface area contributed by atoms with Gasteiger partial charge in [0.1, 0.15) is 18.1 Å². The second-order valence-corrected chi connectivity index (χ2v) is 5.95. The maximum absolute atomic E-state index is 5.86. The number of hydrogen-bond acceptors (Lipinski definition) is 5. The van der Waals surface area contributed by atoms with E-state index >= 15 is 0 Å². The molecule has 0 spiro atoms. The van der Waals surface area contributed by atoms with Gasteiger partial charge >= 0.3 is 0 Å². The van der Waals surface area contributed by atoms with Crippen LogP contribution in [-0.2, 0) is 6.61 Å². The zero-order valence-electron chi connectivity index (χ0n) is 13.8. The second kappa shape index (κ2) is 6.04. The quantitative estimate of drug-likeness (QED) is 0.456. The molecule has 5 nitrogen and oxygen atoms in total. The van der Waals surface area contributed by atoms with Gasteiger partial charge in [0.15, 0.2) is 17.2 Å². The zero-order chi connectivity index (χ0) is 17.3. The molecule has 0 amide bonds. The minimum atomic E-state index is 0.295. The lowest BCUT2D eigenvalue weighted by atomic mass is 10.1. The predicted octanol–water partition coefficient (Wildman–Crippen LogP) is 5.11. The molecule has 0 radical (unpaired) electrons. The Hall–Kier alpha value is -3.60. The Kier molecular flexibility index (Phi) is 3.42. The summed E-state index contributed by atoms with van der Waals surface area (Å²) in [5, 5.41) is 10.6. The van der Waals surface area contributed by atoms with Crippen LogP contribution in [0.15, 0.2) is 72.8 Å². The summed E-state index contributed by atoms with van der Waals surface area (Å²) in [4.78, 5) is 0. The Morgan fingerprint density at radius 2 is 1.46 bits per heavy atom. The van der Waals surface area contributed by atoms with E-state index in [1.807, 2.05) is 54.6 Å². The molecule has 0 aliphatic carbocycles. The van der Waals surface area contributed by atoms with Gasteiger partial charge in [0.2, 0.25) is 0 Å². The fourth-order valence-corrected chi connectivity index (χ4v) is 2.87. The SMILES string of the molecule is c1ccc2c(c1)Oc1cc(COc3ccc4ccccc4c3)nnc1O2. The number of ether oxygens (including phenoxy) is 3. The van der Waals surface area contributed by atoms with Crippen molar-refractivity contribution in [2.45, 2.75) is 6.61 Å². The number of para-hydroxylation sites is 2. The zero-order valence-corrected chi connectivity index (χ0v) is 13.8. The van der Waals surface area contributed by atoms with Crippen LogP contribution in [0.25, 0.3) is 10.8 Å². The van der Waals surface area contributed by atoms with Crippen molar-refractivity contribution in [2.75, 3.05) is 0 Å². The average Bonchev–Trinajstić information content (AvgIpc) is 2.70. The monoisotopic (exact) mass is 342 g/mol. The van der Waals surface area contributed by atoms with Crippen molar-refractivity contribution >= 4 is 10.8 Å². The molecule has 1 aliphatic rings. The number of rotatable bonds is 3. The molecule has 0 saturated carbocycles. The minimum absolute atomic E-state index is 0.295. The van der Waals surface area contributed by atoms with E-state index in [9.17, 15) is 0 Å². The van der Waals surface area contributed by atoms with E-state index in [1.165, 1.54) is 5.39 Å². The molecule has 5 heteroatoms. The van der Waals surface area contributed by atoms with Crippen LogP contribution in [0.1, 0.15) is 5.69 Å². The van der Waals surface area contributed by atoms with E-state index in [0.29, 0.717) is 35.4 Å². The lowest BCUT2D eigenvalue weighted by molar-refractivity contribution is 0.294. The predicted molar refractivity (Wildman–Crippen MR) is 96.9 cm³/mol. The van der Waals surface area contributed by atoms with Crippen LogP contribution in [0.3, 0.4) is 0 Å². The maximum atomic E-state index is 5.86. The highest BCUT2D eigenvalue weighted by Crippen LogP contribution is 2.43. The van der Waals surface area contributed by atoms with E-state index in [0.717, 1.165) is 11.1 Å². The molecule has 1 aliphatic heterocycles. The van der Waals surface area contributed by atoms with E-state index < -0.39 is 0 Å². The lowest BCUT2D eigenvalue weighted by Crippen LogP contribution is -2.05. The highest BCUT2D eigenvalue weighted by Gasteiger charge is 2.20. The Balaban J connectivity index is 1.35. The molecule has 0 atom stereocenters. The highest BCUT2D eigenvalue weighted by atomic mass is 16.6. The normalized spacial score (nSPS) is 11.8. The molecule has 126 valence electrons. The van der Waals surface area contributed by atoms with E-state index in [1.54, 1.807) is 6.07 Å². The first-order valence-corrected chi connectivity index (χ1v) is 8.28. The van der Waals surface area contributed by atoms with Crippen molar-refractivity contribution in [1.29, 1.82) is 0 Å². The molecule has 5 rings (SSSR count). The second-order valence-electron chi connectivity index (χ2n) is 5.95. The van der Waals surface area contributed by atoms with Gasteiger partial charge < -0.3 is 14.2 Å². The third kappa shape index (κ3) is 2.69. The molecule has 4 aromatic rings. The third-order valence-electron chi connectivity index (χ3n) is 4.16. The van der Waals surface area contributed by atoms with E-state index in [4.69, 9.17) is 14.2 Å². The highest BCUT2D eigenvalue weighted by molar-refractivity contribution is 5.83. The number of aromatic nitrogens is 2. The first kappa shape index (κ1) is 14.7. The van der Waals surface area contributed by atoms with Crippen LogP contribution in [0.5, 0.6) is 28.9 Å². The molecule has 0 saturated heterocycles. The Morgan fingerprint density at radius 1 is 0.692 bits per heavy atom. The fraction of sp³-hybridized carbons (Fsp3) is 0.0476. The molecular weight excluding hydrogens is 328 g/mol. The summed E-state index contributed by atoms with van der Waals surface area (Å²) in [6, 6.07) is 23.4. The Morgan fingerprint density at radius 3 is 2.35 bits per heavy atom. The minimum Gasteiger partial charge on any atom is -0.487 e. The van der Waals surface area contributed by atoms with Crippen molar-refractivity contribution in [3.05, 3.63) is 78.5 Å². The van der Waals surface area contributed by atoms with Crippen molar-refractivity contribution in [3.8, 4) is 28.9 Å². The summed E-state index contributed by atoms with van der Waals surface area (Å²) < 4.78 is 17.4. The molecule has 26 heavy (non-hydrogen) atoms. The first-order valence-electron chi connectivity index (χ1n) is 8.28. The molecule has 2 heterocycles. The molecule has 0 N–H and O–H groups in total. The number of fused-ring (bicyclic) bond motifs is 3. The topological polar surface area (TPSA) is 53.5 Å². The van der Waals surface area contributed by atoms with Gasteiger partial charge in [-0.25, -0.2) is 0 Å². The van der Waals surface area contributed by atoms with Crippen LogP contribution in [0.4, 0.5) is 0 Å². The number of benzene rings is 3. The lowest BCUT2D eigenvalue weighted by Gasteiger charge is -2.19. The molecule has 0 unspecified atom stereocenters. The summed E-state index contributed by atoms with van der Waals surface area (Å²) in [7, 11) is 0. The van der Waals surface area contributed by atoms with Gasteiger partial charge in [-0.3, -0.25) is 0 Å². The third-order valence-corrected chi connectivity index (χ3v) is 4.16. The Bertz CT molecular complexity index is 1110. The molecule has 0 fully saturated rings. The largest absolute Gasteiger partial charge is 0.487 e. The number of hydrogen-bond donors (Lipinski definition) is 0. The van der Waals surface area contributed by atoms with Crippen LogP contribution >= 0.6 is 0 Å². The molecule has 0 bridgehead atoms. The number of nitrogens with zero attached hydrogens (tertiary/aromatic N) is 2. The van der Waals surface area contributed by atoms with E-state index in [2.05, 4.69) is 22.3 Å². The van der Waals surface area contributed by atoms with Gasteiger partial charge in [-0.15, -0.1) is 10.2 Å². The first-order chi connectivity index (χ1) is 12.8. The summed E-state index contributed by atoms with van der Waals surface area (Å²) in [5.74, 6) is 2.98. The van der Waals surface area contributed by atoms with Gasteiger partial charge in [0.25, 0.3) is 5.88 Å². The van der Waals surface area contributed by atoms with Gasteiger partial charge in [0.05, 0.1) is 0 Å². The molecular formula is C21H14N2O3. The molecule has 3 aromatic carbocycles. The van der Waals surface area contributed by atoms with E-state index in [-0.39, 0.29) is 0 Å². The van der Waals surface area contributed by atoms with Crippen molar-refractivity contribution in [3.63, 3.8) is 0 Å². The smallest absolute Gasteiger partial charge is 0.282 e. The summed E-state index contributed by atoms with van der Waals surface area (Å²) >= 11 is 0. The van der Waals surface area contributed by atoms with Crippen LogP contribution in [0, 0.1) is 0 Å². The van der Waals surface area contributed by atoms with Gasteiger partial charge in [0, 0.05) is 6.07 Å². The fourth-order valence-electron chi connectivity index (χ4n) is 2.87. The average molecular weight is 342 g/mol. The van der Waals surface area contributed by atoms with Gasteiger partial charge in [-0.2, -0.15) is 0 Å². The molecule has 1 aromatic heterocycles. The summed E-state index contributed by atoms with van der Waals surface area (Å²) in [6.45, 7) is 0.295.